The van der Waals surface area contributed by atoms with Gasteiger partial charge in [0.15, 0.2) is 5.58 Å². The Morgan fingerprint density at radius 3 is 2.89 bits per heavy atom. The highest BCUT2D eigenvalue weighted by Crippen LogP contribution is 2.29. The van der Waals surface area contributed by atoms with Gasteiger partial charge in [-0.05, 0) is 56.2 Å². The second kappa shape index (κ2) is 8.19. The van der Waals surface area contributed by atoms with Gasteiger partial charge in [0.1, 0.15) is 5.52 Å². The molecule has 2 aliphatic rings. The van der Waals surface area contributed by atoms with Gasteiger partial charge in [-0.25, -0.2) is 0 Å². The fourth-order valence-electron chi connectivity index (χ4n) is 4.26. The van der Waals surface area contributed by atoms with E-state index in [1.807, 2.05) is 18.2 Å². The van der Waals surface area contributed by atoms with Crippen LogP contribution in [-0.2, 0) is 4.79 Å². The molecule has 4 rings (SSSR count). The highest BCUT2D eigenvalue weighted by atomic mass is 79.9. The summed E-state index contributed by atoms with van der Waals surface area (Å²) in [6.07, 6.45) is 5.71. The Kier molecular flexibility index (Phi) is 5.68. The first kappa shape index (κ1) is 18.7. The molecule has 0 spiro atoms. The van der Waals surface area contributed by atoms with Gasteiger partial charge in [-0.1, -0.05) is 22.4 Å². The number of carbonyl (C=O) groups is 1. The fourth-order valence-corrected chi connectivity index (χ4v) is 4.61. The third-order valence-electron chi connectivity index (χ3n) is 5.86. The van der Waals surface area contributed by atoms with Crippen molar-refractivity contribution in [3.05, 3.63) is 22.7 Å². The Hall–Kier alpha value is -1.60. The molecule has 0 unspecified atom stereocenters. The number of amides is 1. The summed E-state index contributed by atoms with van der Waals surface area (Å²) in [6, 6.07) is 6.67. The molecule has 1 aromatic heterocycles. The number of nitrogens with zero attached hydrogens (tertiary/aromatic N) is 2. The van der Waals surface area contributed by atoms with Crippen LogP contribution in [-0.4, -0.2) is 41.7 Å². The molecule has 1 aromatic carbocycles. The number of oxazole rings is 1. The molecule has 1 aliphatic heterocycles. The van der Waals surface area contributed by atoms with Crippen molar-refractivity contribution < 1.29 is 14.3 Å². The van der Waals surface area contributed by atoms with Crippen molar-refractivity contribution in [1.82, 2.24) is 10.3 Å². The van der Waals surface area contributed by atoms with Gasteiger partial charge in [0, 0.05) is 36.1 Å². The van der Waals surface area contributed by atoms with Crippen molar-refractivity contribution in [3.8, 4) is 0 Å². The normalized spacial score (nSPS) is 24.3. The average Bonchev–Trinajstić information content (AvgIpc) is 3.11. The van der Waals surface area contributed by atoms with E-state index in [0.29, 0.717) is 11.9 Å². The SMILES string of the molecule is O=C(N[C@H]1CCC[C@H](CO)C1)C1CCN(c2nc3cc(Br)ccc3o2)CC1. The van der Waals surface area contributed by atoms with Crippen molar-refractivity contribution in [2.24, 2.45) is 11.8 Å². The summed E-state index contributed by atoms with van der Waals surface area (Å²) in [5.74, 6) is 0.555. The topological polar surface area (TPSA) is 78.6 Å². The first-order valence-electron chi connectivity index (χ1n) is 9.84. The van der Waals surface area contributed by atoms with Crippen LogP contribution in [0.25, 0.3) is 11.1 Å². The van der Waals surface area contributed by atoms with Gasteiger partial charge in [-0.2, -0.15) is 4.98 Å². The molecule has 6 nitrogen and oxygen atoms in total. The number of carbonyl (C=O) groups excluding carboxylic acids is 1. The summed E-state index contributed by atoms with van der Waals surface area (Å²) in [5, 5.41) is 12.6. The number of piperidine rings is 1. The van der Waals surface area contributed by atoms with E-state index >= 15 is 0 Å². The Bertz CT molecular complexity index is 801. The number of aromatic nitrogens is 1. The Labute approximate surface area is 167 Å². The quantitative estimate of drug-likeness (QED) is 0.768. The number of aliphatic hydroxyl groups is 1. The number of rotatable bonds is 4. The van der Waals surface area contributed by atoms with Crippen molar-refractivity contribution >= 4 is 39.0 Å². The lowest BCUT2D eigenvalue weighted by Gasteiger charge is -2.33. The maximum absolute atomic E-state index is 12.6. The molecule has 27 heavy (non-hydrogen) atoms. The minimum absolute atomic E-state index is 0.0503. The number of hydrogen-bond acceptors (Lipinski definition) is 5. The highest BCUT2D eigenvalue weighted by Gasteiger charge is 2.30. The fraction of sp³-hybridized carbons (Fsp3) is 0.600. The van der Waals surface area contributed by atoms with Crippen LogP contribution in [0.5, 0.6) is 0 Å². The van der Waals surface area contributed by atoms with Crippen molar-refractivity contribution in [2.45, 2.75) is 44.6 Å². The minimum atomic E-state index is 0.0503. The van der Waals surface area contributed by atoms with Gasteiger partial charge in [-0.3, -0.25) is 4.79 Å². The van der Waals surface area contributed by atoms with E-state index < -0.39 is 0 Å². The van der Waals surface area contributed by atoms with Gasteiger partial charge in [0.05, 0.1) is 0 Å². The van der Waals surface area contributed by atoms with E-state index in [1.165, 1.54) is 0 Å². The monoisotopic (exact) mass is 435 g/mol. The molecule has 0 bridgehead atoms. The summed E-state index contributed by atoms with van der Waals surface area (Å²) in [5.41, 5.74) is 1.62. The summed E-state index contributed by atoms with van der Waals surface area (Å²) >= 11 is 3.46. The van der Waals surface area contributed by atoms with Crippen LogP contribution in [0.3, 0.4) is 0 Å². The van der Waals surface area contributed by atoms with Crippen LogP contribution in [0.4, 0.5) is 6.01 Å². The number of halogens is 1. The largest absolute Gasteiger partial charge is 0.423 e. The number of nitrogens with one attached hydrogen (secondary N) is 1. The van der Waals surface area contributed by atoms with Gasteiger partial charge in [-0.15, -0.1) is 0 Å². The molecule has 0 radical (unpaired) electrons. The summed E-state index contributed by atoms with van der Waals surface area (Å²) in [6.45, 7) is 1.78. The predicted molar refractivity (Wildman–Crippen MR) is 108 cm³/mol. The zero-order valence-electron chi connectivity index (χ0n) is 15.4. The van der Waals surface area contributed by atoms with Gasteiger partial charge < -0.3 is 19.7 Å². The zero-order valence-corrected chi connectivity index (χ0v) is 17.0. The lowest BCUT2D eigenvalue weighted by Crippen LogP contribution is -2.45. The molecule has 2 fully saturated rings. The van der Waals surface area contributed by atoms with E-state index in [1.54, 1.807) is 0 Å². The second-order valence-corrected chi connectivity index (χ2v) is 8.71. The van der Waals surface area contributed by atoms with Crippen LogP contribution < -0.4 is 10.2 Å². The molecule has 2 aromatic rings. The molecular weight excluding hydrogens is 410 g/mol. The lowest BCUT2D eigenvalue weighted by atomic mass is 9.85. The minimum Gasteiger partial charge on any atom is -0.423 e. The molecule has 1 saturated carbocycles. The second-order valence-electron chi connectivity index (χ2n) is 7.79. The van der Waals surface area contributed by atoms with Crippen molar-refractivity contribution in [2.75, 3.05) is 24.6 Å². The molecule has 1 saturated heterocycles. The van der Waals surface area contributed by atoms with E-state index in [4.69, 9.17) is 4.42 Å². The van der Waals surface area contributed by atoms with E-state index in [0.717, 1.165) is 67.2 Å². The zero-order chi connectivity index (χ0) is 18.8. The Balaban J connectivity index is 1.32. The van der Waals surface area contributed by atoms with Crippen LogP contribution in [0.15, 0.2) is 27.1 Å². The molecule has 2 heterocycles. The molecule has 2 atom stereocenters. The van der Waals surface area contributed by atoms with Gasteiger partial charge in [0.25, 0.3) is 6.01 Å². The number of aliphatic hydroxyl groups excluding tert-OH is 1. The van der Waals surface area contributed by atoms with Gasteiger partial charge in [0.2, 0.25) is 5.91 Å². The maximum Gasteiger partial charge on any atom is 0.298 e. The van der Waals surface area contributed by atoms with E-state index in [-0.39, 0.29) is 24.5 Å². The first-order valence-corrected chi connectivity index (χ1v) is 10.6. The molecule has 1 amide bonds. The number of fused-ring (bicyclic) bond motifs is 1. The third kappa shape index (κ3) is 4.29. The van der Waals surface area contributed by atoms with Crippen LogP contribution in [0.1, 0.15) is 38.5 Å². The average molecular weight is 436 g/mol. The molecule has 7 heteroatoms. The Morgan fingerprint density at radius 2 is 2.11 bits per heavy atom. The number of hydrogen-bond donors (Lipinski definition) is 2. The molecule has 146 valence electrons. The van der Waals surface area contributed by atoms with Crippen molar-refractivity contribution in [1.29, 1.82) is 0 Å². The van der Waals surface area contributed by atoms with E-state index in [9.17, 15) is 9.90 Å². The smallest absolute Gasteiger partial charge is 0.298 e. The van der Waals surface area contributed by atoms with Crippen LogP contribution in [0, 0.1) is 11.8 Å². The summed E-state index contributed by atoms with van der Waals surface area (Å²) < 4.78 is 6.86. The van der Waals surface area contributed by atoms with Crippen LogP contribution >= 0.6 is 15.9 Å². The third-order valence-corrected chi connectivity index (χ3v) is 6.36. The number of benzene rings is 1. The molecule has 1 aliphatic carbocycles. The summed E-state index contributed by atoms with van der Waals surface area (Å²) in [4.78, 5) is 19.4. The van der Waals surface area contributed by atoms with Gasteiger partial charge >= 0.3 is 0 Å². The lowest BCUT2D eigenvalue weighted by molar-refractivity contribution is -0.126. The molecular formula is C20H26BrN3O3. The first-order chi connectivity index (χ1) is 13.1. The number of anilines is 1. The highest BCUT2D eigenvalue weighted by molar-refractivity contribution is 9.10. The summed E-state index contributed by atoms with van der Waals surface area (Å²) in [7, 11) is 0. The van der Waals surface area contributed by atoms with Crippen molar-refractivity contribution in [3.63, 3.8) is 0 Å². The predicted octanol–water partition coefficient (Wildman–Crippen LogP) is 3.47. The Morgan fingerprint density at radius 1 is 1.30 bits per heavy atom. The van der Waals surface area contributed by atoms with Crippen LogP contribution in [0.2, 0.25) is 0 Å². The van der Waals surface area contributed by atoms with E-state index in [2.05, 4.69) is 31.1 Å². The molecule has 2 N–H and O–H groups in total. The maximum atomic E-state index is 12.6. The standard InChI is InChI=1S/C20H26BrN3O3/c21-15-4-5-18-17(11-15)23-20(27-18)24-8-6-14(7-9-24)19(26)22-16-3-1-2-13(10-16)12-25/h4-5,11,13-14,16,25H,1-3,6-10,12H2,(H,22,26)/t13-,16-/m0/s1.